The number of sulfonamides is 1. The Labute approximate surface area is 126 Å². The highest BCUT2D eigenvalue weighted by molar-refractivity contribution is 7.92. The van der Waals surface area contributed by atoms with Crippen LogP contribution in [-0.2, 0) is 19.9 Å². The van der Waals surface area contributed by atoms with Gasteiger partial charge in [0.25, 0.3) is 0 Å². The predicted molar refractivity (Wildman–Crippen MR) is 82.4 cm³/mol. The van der Waals surface area contributed by atoms with Crippen LogP contribution in [0.15, 0.2) is 29.2 Å². The van der Waals surface area contributed by atoms with Crippen LogP contribution in [0.1, 0.15) is 19.4 Å². The lowest BCUT2D eigenvalue weighted by atomic mass is 10.2. The second-order valence-electron chi connectivity index (χ2n) is 5.98. The monoisotopic (exact) mass is 331 g/mol. The van der Waals surface area contributed by atoms with Crippen molar-refractivity contribution in [3.8, 4) is 0 Å². The quantitative estimate of drug-likeness (QED) is 0.818. The van der Waals surface area contributed by atoms with E-state index in [1.54, 1.807) is 24.3 Å². The van der Waals surface area contributed by atoms with Crippen molar-refractivity contribution < 1.29 is 16.8 Å². The van der Waals surface area contributed by atoms with Crippen LogP contribution >= 0.6 is 0 Å². The Morgan fingerprint density at radius 2 is 1.62 bits per heavy atom. The Morgan fingerprint density at radius 1 is 1.10 bits per heavy atom. The van der Waals surface area contributed by atoms with Crippen molar-refractivity contribution in [1.29, 1.82) is 0 Å². The average Bonchev–Trinajstić information content (AvgIpc) is 2.24. The molecule has 0 spiro atoms. The Kier molecular flexibility index (Phi) is 4.46. The van der Waals surface area contributed by atoms with Gasteiger partial charge in [0.05, 0.1) is 15.9 Å². The molecule has 5 nitrogen and oxygen atoms in total. The van der Waals surface area contributed by atoms with E-state index in [1.165, 1.54) is 4.31 Å². The third-order valence-electron chi connectivity index (χ3n) is 3.55. The molecule has 0 aromatic heterocycles. The Hall–Kier alpha value is -0.920. The summed E-state index contributed by atoms with van der Waals surface area (Å²) in [4.78, 5) is 0.216. The second kappa shape index (κ2) is 5.70. The number of hydrogen-bond acceptors (Lipinski definition) is 4. The van der Waals surface area contributed by atoms with E-state index < -0.39 is 25.1 Å². The molecule has 0 saturated carbocycles. The molecule has 1 aromatic rings. The zero-order chi connectivity index (χ0) is 15.8. The van der Waals surface area contributed by atoms with Gasteiger partial charge in [-0.25, -0.2) is 16.8 Å². The van der Waals surface area contributed by atoms with Gasteiger partial charge < -0.3 is 0 Å². The van der Waals surface area contributed by atoms with E-state index in [0.29, 0.717) is 0 Å². The third kappa shape index (κ3) is 3.46. The van der Waals surface area contributed by atoms with Crippen molar-refractivity contribution >= 4 is 19.9 Å². The lowest BCUT2D eigenvalue weighted by Gasteiger charge is -2.37. The predicted octanol–water partition coefficient (Wildman–Crippen LogP) is 1.44. The van der Waals surface area contributed by atoms with Crippen molar-refractivity contribution in [2.75, 3.05) is 18.8 Å². The fourth-order valence-corrected chi connectivity index (χ4v) is 6.02. The topological polar surface area (TPSA) is 71.5 Å². The van der Waals surface area contributed by atoms with Gasteiger partial charge in [0, 0.05) is 13.1 Å². The largest absolute Gasteiger partial charge is 0.243 e. The zero-order valence-electron chi connectivity index (χ0n) is 12.5. The van der Waals surface area contributed by atoms with Gasteiger partial charge >= 0.3 is 0 Å². The Morgan fingerprint density at radius 3 is 2.10 bits per heavy atom. The SMILES string of the molecule is Cc1ccc(S(=O)(=O)N2CC(S(=O)(=O)CC(C)C)C2)cc1. The third-order valence-corrected chi connectivity index (χ3v) is 7.84. The van der Waals surface area contributed by atoms with Gasteiger partial charge in [0.15, 0.2) is 9.84 Å². The summed E-state index contributed by atoms with van der Waals surface area (Å²) in [6.45, 7) is 5.69. The lowest BCUT2D eigenvalue weighted by molar-refractivity contribution is 0.309. The number of rotatable bonds is 5. The normalized spacial score (nSPS) is 17.9. The highest BCUT2D eigenvalue weighted by Gasteiger charge is 2.43. The fourth-order valence-electron chi connectivity index (χ4n) is 2.28. The molecule has 1 aromatic carbocycles. The molecule has 0 amide bonds. The van der Waals surface area contributed by atoms with Crippen molar-refractivity contribution in [1.82, 2.24) is 4.31 Å². The summed E-state index contributed by atoms with van der Waals surface area (Å²) in [6, 6.07) is 6.58. The maximum atomic E-state index is 12.4. The number of benzene rings is 1. The average molecular weight is 331 g/mol. The van der Waals surface area contributed by atoms with Crippen LogP contribution in [0.25, 0.3) is 0 Å². The standard InChI is InChI=1S/C14H21NO4S2/c1-11(2)10-20(16,17)14-8-15(9-14)21(18,19)13-6-4-12(3)5-7-13/h4-7,11,14H,8-10H2,1-3H3. The second-order valence-corrected chi connectivity index (χ2v) is 10.2. The molecule has 2 rings (SSSR count). The van der Waals surface area contributed by atoms with E-state index in [9.17, 15) is 16.8 Å². The van der Waals surface area contributed by atoms with Crippen LogP contribution in [0.3, 0.4) is 0 Å². The van der Waals surface area contributed by atoms with E-state index in [1.807, 2.05) is 20.8 Å². The molecule has 1 aliphatic rings. The van der Waals surface area contributed by atoms with Gasteiger partial charge in [-0.05, 0) is 25.0 Å². The van der Waals surface area contributed by atoms with Crippen LogP contribution < -0.4 is 0 Å². The van der Waals surface area contributed by atoms with E-state index in [-0.39, 0.29) is 29.7 Å². The first kappa shape index (κ1) is 16.5. The molecule has 1 fully saturated rings. The molecule has 0 radical (unpaired) electrons. The van der Waals surface area contributed by atoms with Gasteiger partial charge in [-0.15, -0.1) is 0 Å². The van der Waals surface area contributed by atoms with Gasteiger partial charge in [0.1, 0.15) is 0 Å². The molecule has 7 heteroatoms. The molecule has 1 heterocycles. The summed E-state index contributed by atoms with van der Waals surface area (Å²) in [7, 11) is -6.78. The minimum absolute atomic E-state index is 0.0535. The van der Waals surface area contributed by atoms with Gasteiger partial charge in [-0.3, -0.25) is 0 Å². The number of hydrogen-bond donors (Lipinski definition) is 0. The first-order valence-electron chi connectivity index (χ1n) is 6.91. The maximum absolute atomic E-state index is 12.4. The minimum Gasteiger partial charge on any atom is -0.228 e. The number of aryl methyl sites for hydroxylation is 1. The molecule has 0 aliphatic carbocycles. The van der Waals surface area contributed by atoms with E-state index >= 15 is 0 Å². The summed E-state index contributed by atoms with van der Waals surface area (Å²) < 4.78 is 50.1. The Balaban J connectivity index is 2.09. The zero-order valence-corrected chi connectivity index (χ0v) is 14.1. The van der Waals surface area contributed by atoms with Crippen molar-refractivity contribution in [2.45, 2.75) is 30.9 Å². The molecular formula is C14H21NO4S2. The Bertz CT molecular complexity index is 700. The molecular weight excluding hydrogens is 310 g/mol. The minimum atomic E-state index is -3.57. The van der Waals surface area contributed by atoms with Crippen molar-refractivity contribution in [2.24, 2.45) is 5.92 Å². The summed E-state index contributed by atoms with van der Waals surface area (Å²) in [5.41, 5.74) is 0.981. The molecule has 1 saturated heterocycles. The first-order valence-corrected chi connectivity index (χ1v) is 10.1. The van der Waals surface area contributed by atoms with Crippen LogP contribution in [0.2, 0.25) is 0 Å². The highest BCUT2D eigenvalue weighted by Crippen LogP contribution is 2.26. The van der Waals surface area contributed by atoms with Crippen LogP contribution in [0.4, 0.5) is 0 Å². The maximum Gasteiger partial charge on any atom is 0.243 e. The molecule has 21 heavy (non-hydrogen) atoms. The van der Waals surface area contributed by atoms with Crippen molar-refractivity contribution in [3.63, 3.8) is 0 Å². The molecule has 118 valence electrons. The van der Waals surface area contributed by atoms with Gasteiger partial charge in [-0.2, -0.15) is 4.31 Å². The highest BCUT2D eigenvalue weighted by atomic mass is 32.2. The molecule has 1 aliphatic heterocycles. The summed E-state index contributed by atoms with van der Waals surface area (Å²) >= 11 is 0. The first-order chi connectivity index (χ1) is 9.63. The molecule has 0 bridgehead atoms. The fraction of sp³-hybridized carbons (Fsp3) is 0.571. The van der Waals surface area contributed by atoms with Crippen LogP contribution in [-0.4, -0.2) is 45.2 Å². The van der Waals surface area contributed by atoms with Crippen LogP contribution in [0.5, 0.6) is 0 Å². The van der Waals surface area contributed by atoms with Gasteiger partial charge in [0.2, 0.25) is 10.0 Å². The number of sulfone groups is 1. The van der Waals surface area contributed by atoms with Crippen molar-refractivity contribution in [3.05, 3.63) is 29.8 Å². The number of nitrogens with zero attached hydrogens (tertiary/aromatic N) is 1. The molecule has 0 atom stereocenters. The van der Waals surface area contributed by atoms with E-state index in [4.69, 9.17) is 0 Å². The summed E-state index contributed by atoms with van der Waals surface area (Å²) in [6.07, 6.45) is 0. The lowest BCUT2D eigenvalue weighted by Crippen LogP contribution is -2.57. The van der Waals surface area contributed by atoms with E-state index in [0.717, 1.165) is 5.56 Å². The summed E-state index contributed by atoms with van der Waals surface area (Å²) in [5, 5.41) is -0.569. The van der Waals surface area contributed by atoms with Gasteiger partial charge in [-0.1, -0.05) is 31.5 Å². The van der Waals surface area contributed by atoms with E-state index in [2.05, 4.69) is 0 Å². The summed E-state index contributed by atoms with van der Waals surface area (Å²) in [5.74, 6) is 0.161. The van der Waals surface area contributed by atoms with Crippen LogP contribution in [0, 0.1) is 12.8 Å². The molecule has 0 N–H and O–H groups in total. The molecule has 0 unspecified atom stereocenters. The smallest absolute Gasteiger partial charge is 0.228 e.